The van der Waals surface area contributed by atoms with E-state index in [1.165, 1.54) is 18.3 Å². The number of benzene rings is 2. The molecule has 1 aromatic heterocycles. The van der Waals surface area contributed by atoms with Crippen LogP contribution in [0.1, 0.15) is 17.7 Å². The summed E-state index contributed by atoms with van der Waals surface area (Å²) in [4.78, 5) is 12.5. The van der Waals surface area contributed by atoms with Crippen LogP contribution in [0.25, 0.3) is 11.1 Å². The van der Waals surface area contributed by atoms with Crippen LogP contribution in [0.4, 0.5) is 23.5 Å². The fraction of sp³-hybridized carbons (Fsp3) is 0.360. The second-order valence-electron chi connectivity index (χ2n) is 8.65. The topological polar surface area (TPSA) is 41.5 Å². The third-order valence-electron chi connectivity index (χ3n) is 6.07. The zero-order chi connectivity index (χ0) is 24.5. The van der Waals surface area contributed by atoms with E-state index in [0.717, 1.165) is 11.6 Å². The van der Waals surface area contributed by atoms with Crippen LogP contribution >= 0.6 is 0 Å². The van der Waals surface area contributed by atoms with Gasteiger partial charge in [-0.15, -0.1) is 0 Å². The Morgan fingerprint density at radius 3 is 2.44 bits per heavy atom. The lowest BCUT2D eigenvalue weighted by molar-refractivity contribution is 0.0141. The Kier molecular flexibility index (Phi) is 6.74. The number of hydrogen-bond donors (Lipinski definition) is 0. The van der Waals surface area contributed by atoms with Gasteiger partial charge in [-0.05, 0) is 43.8 Å². The number of aryl methyl sites for hydroxylation is 1. The second-order valence-corrected chi connectivity index (χ2v) is 8.65. The molecule has 1 aliphatic rings. The minimum Gasteiger partial charge on any atom is -0.497 e. The molecule has 0 aliphatic carbocycles. The van der Waals surface area contributed by atoms with Crippen molar-refractivity contribution in [3.63, 3.8) is 0 Å². The molecule has 1 atom stereocenters. The van der Waals surface area contributed by atoms with Gasteiger partial charge in [-0.2, -0.15) is 0 Å². The van der Waals surface area contributed by atoms with E-state index >= 15 is 0 Å². The van der Waals surface area contributed by atoms with Gasteiger partial charge in [0.1, 0.15) is 17.4 Å². The van der Waals surface area contributed by atoms with Gasteiger partial charge in [0, 0.05) is 48.9 Å². The smallest absolute Gasteiger partial charge is 0.262 e. The van der Waals surface area contributed by atoms with Gasteiger partial charge in [0.25, 0.3) is 5.92 Å². The highest BCUT2D eigenvalue weighted by atomic mass is 19.3. The van der Waals surface area contributed by atoms with Crippen molar-refractivity contribution in [1.29, 1.82) is 0 Å². The molecule has 5 nitrogen and oxygen atoms in total. The van der Waals surface area contributed by atoms with E-state index in [1.54, 1.807) is 26.0 Å². The summed E-state index contributed by atoms with van der Waals surface area (Å²) >= 11 is 0. The van der Waals surface area contributed by atoms with Crippen LogP contribution in [0.15, 0.2) is 48.7 Å². The maximum atomic E-state index is 14.3. The SMILES string of the molecule is COc1ccc(CN(CC2CC(F)(F)CN2C)c2ncc(-c3ccc(F)cc3F)c(C)n2)cc1. The van der Waals surface area contributed by atoms with Crippen LogP contribution in [0, 0.1) is 18.6 Å². The lowest BCUT2D eigenvalue weighted by Gasteiger charge is -2.29. The van der Waals surface area contributed by atoms with Gasteiger partial charge in [-0.3, -0.25) is 4.90 Å². The van der Waals surface area contributed by atoms with Gasteiger partial charge in [-0.1, -0.05) is 12.1 Å². The van der Waals surface area contributed by atoms with E-state index in [2.05, 4.69) is 9.97 Å². The number of aromatic nitrogens is 2. The number of hydrogen-bond acceptors (Lipinski definition) is 5. The number of ether oxygens (including phenoxy) is 1. The third kappa shape index (κ3) is 5.30. The first-order valence-corrected chi connectivity index (χ1v) is 10.9. The molecule has 0 amide bonds. The summed E-state index contributed by atoms with van der Waals surface area (Å²) < 4.78 is 60.9. The van der Waals surface area contributed by atoms with Gasteiger partial charge in [0.15, 0.2) is 0 Å². The molecule has 2 heterocycles. The van der Waals surface area contributed by atoms with E-state index in [9.17, 15) is 17.6 Å². The molecule has 3 aromatic rings. The molecule has 2 aromatic carbocycles. The van der Waals surface area contributed by atoms with Crippen LogP contribution in [-0.2, 0) is 6.54 Å². The standard InChI is InChI=1S/C25H26F4N4O/c1-16-22(21-9-6-18(26)10-23(21)27)12-30-24(31-16)33(13-17-4-7-20(34-3)8-5-17)14-19-11-25(28,29)15-32(19)2/h4-10,12,19H,11,13-15H2,1-3H3. The van der Waals surface area contributed by atoms with Gasteiger partial charge in [0.2, 0.25) is 5.95 Å². The molecule has 0 N–H and O–H groups in total. The summed E-state index contributed by atoms with van der Waals surface area (Å²) in [5.74, 6) is -3.05. The number of methoxy groups -OCH3 is 1. The first-order valence-electron chi connectivity index (χ1n) is 10.9. The predicted molar refractivity (Wildman–Crippen MR) is 122 cm³/mol. The Hall–Kier alpha value is -3.20. The van der Waals surface area contributed by atoms with Gasteiger partial charge in [-0.25, -0.2) is 27.5 Å². The van der Waals surface area contributed by atoms with E-state index in [1.807, 2.05) is 29.2 Å². The summed E-state index contributed by atoms with van der Waals surface area (Å²) in [5, 5.41) is 0. The number of alkyl halides is 2. The normalized spacial score (nSPS) is 17.7. The Balaban J connectivity index is 1.65. The van der Waals surface area contributed by atoms with Crippen molar-refractivity contribution in [2.24, 2.45) is 0 Å². The Labute approximate surface area is 196 Å². The Morgan fingerprint density at radius 1 is 1.12 bits per heavy atom. The number of nitrogens with zero attached hydrogens (tertiary/aromatic N) is 4. The van der Waals surface area contributed by atoms with E-state index in [4.69, 9.17) is 4.74 Å². The van der Waals surface area contributed by atoms with Crippen LogP contribution < -0.4 is 9.64 Å². The van der Waals surface area contributed by atoms with E-state index in [-0.39, 0.29) is 24.6 Å². The number of anilines is 1. The van der Waals surface area contributed by atoms with Gasteiger partial charge < -0.3 is 9.64 Å². The number of likely N-dealkylation sites (N-methyl/N-ethyl adjacent to an activating group) is 1. The molecule has 0 spiro atoms. The van der Waals surface area contributed by atoms with Crippen LogP contribution in [-0.4, -0.2) is 54.1 Å². The molecule has 0 radical (unpaired) electrons. The van der Waals surface area contributed by atoms with Crippen LogP contribution in [0.3, 0.4) is 0 Å². The maximum Gasteiger partial charge on any atom is 0.262 e. The molecule has 0 saturated carbocycles. The summed E-state index contributed by atoms with van der Waals surface area (Å²) in [5.41, 5.74) is 2.07. The summed E-state index contributed by atoms with van der Waals surface area (Å²) in [6, 6.07) is 10.4. The van der Waals surface area contributed by atoms with Crippen LogP contribution in [0.2, 0.25) is 0 Å². The van der Waals surface area contributed by atoms with Crippen molar-refractivity contribution in [3.05, 3.63) is 71.6 Å². The number of likely N-dealkylation sites (tertiary alicyclic amines) is 1. The van der Waals surface area contributed by atoms with Crippen molar-refractivity contribution >= 4 is 5.95 Å². The Bertz CT molecular complexity index is 1160. The zero-order valence-corrected chi connectivity index (χ0v) is 19.2. The molecule has 0 bridgehead atoms. The van der Waals surface area contributed by atoms with Crippen molar-refractivity contribution in [3.8, 4) is 16.9 Å². The molecule has 1 saturated heterocycles. The largest absolute Gasteiger partial charge is 0.497 e. The first-order chi connectivity index (χ1) is 16.1. The summed E-state index contributed by atoms with van der Waals surface area (Å²) in [6.07, 6.45) is 1.24. The van der Waals surface area contributed by atoms with Crippen LogP contribution in [0.5, 0.6) is 5.75 Å². The molecule has 9 heteroatoms. The van der Waals surface area contributed by atoms with Gasteiger partial charge >= 0.3 is 0 Å². The molecule has 4 rings (SSSR count). The fourth-order valence-corrected chi connectivity index (χ4v) is 4.27. The maximum absolute atomic E-state index is 14.3. The molecular weight excluding hydrogens is 448 g/mol. The van der Waals surface area contributed by atoms with E-state index < -0.39 is 17.6 Å². The van der Waals surface area contributed by atoms with Crippen molar-refractivity contribution in [2.45, 2.75) is 31.9 Å². The zero-order valence-electron chi connectivity index (χ0n) is 19.2. The fourth-order valence-electron chi connectivity index (χ4n) is 4.27. The molecule has 180 valence electrons. The highest BCUT2D eigenvalue weighted by Crippen LogP contribution is 2.32. The molecule has 1 aliphatic heterocycles. The lowest BCUT2D eigenvalue weighted by atomic mass is 10.1. The average molecular weight is 475 g/mol. The minimum atomic E-state index is -2.74. The first kappa shape index (κ1) is 23.9. The third-order valence-corrected chi connectivity index (χ3v) is 6.07. The molecular formula is C25H26F4N4O. The summed E-state index contributed by atoms with van der Waals surface area (Å²) in [6.45, 7) is 2.10. The molecule has 34 heavy (non-hydrogen) atoms. The summed E-state index contributed by atoms with van der Waals surface area (Å²) in [7, 11) is 3.27. The lowest BCUT2D eigenvalue weighted by Crippen LogP contribution is -2.39. The molecule has 1 fully saturated rings. The second kappa shape index (κ2) is 9.58. The van der Waals surface area contributed by atoms with Crippen molar-refractivity contribution < 1.29 is 22.3 Å². The highest BCUT2D eigenvalue weighted by molar-refractivity contribution is 5.66. The Morgan fingerprint density at radius 2 is 1.85 bits per heavy atom. The van der Waals surface area contributed by atoms with Crippen molar-refractivity contribution in [2.75, 3.05) is 32.1 Å². The average Bonchev–Trinajstić information content (AvgIpc) is 3.05. The highest BCUT2D eigenvalue weighted by Gasteiger charge is 2.43. The van der Waals surface area contributed by atoms with Crippen molar-refractivity contribution in [1.82, 2.24) is 14.9 Å². The number of rotatable bonds is 7. The minimum absolute atomic E-state index is 0.197. The number of halogens is 4. The van der Waals surface area contributed by atoms with Gasteiger partial charge in [0.05, 0.1) is 19.3 Å². The predicted octanol–water partition coefficient (Wildman–Crippen LogP) is 5.08. The van der Waals surface area contributed by atoms with E-state index in [0.29, 0.717) is 36.0 Å². The quantitative estimate of drug-likeness (QED) is 0.447. The monoisotopic (exact) mass is 474 g/mol. The molecule has 1 unspecified atom stereocenters.